The van der Waals surface area contributed by atoms with Gasteiger partial charge in [0, 0.05) is 20.0 Å². The highest BCUT2D eigenvalue weighted by molar-refractivity contribution is 5.79. The number of fused-ring (bicyclic) bond motifs is 1. The van der Waals surface area contributed by atoms with Gasteiger partial charge in [-0.2, -0.15) is 0 Å². The van der Waals surface area contributed by atoms with Crippen LogP contribution in [0.25, 0.3) is 0 Å². The summed E-state index contributed by atoms with van der Waals surface area (Å²) in [5.41, 5.74) is 3.84. The molecule has 0 bridgehead atoms. The highest BCUT2D eigenvalue weighted by Gasteiger charge is 2.11. The fourth-order valence-electron chi connectivity index (χ4n) is 2.98. The molecule has 2 N–H and O–H groups in total. The molecule has 0 saturated heterocycles. The molecule has 0 aliphatic carbocycles. The van der Waals surface area contributed by atoms with Gasteiger partial charge in [0.05, 0.1) is 13.2 Å². The molecule has 0 aromatic heterocycles. The largest absolute Gasteiger partial charge is 0.493 e. The number of nitrogens with zero attached hydrogens (tertiary/aromatic N) is 1. The van der Waals surface area contributed by atoms with Crippen molar-refractivity contribution in [2.75, 3.05) is 33.4 Å². The molecule has 26 heavy (non-hydrogen) atoms. The third kappa shape index (κ3) is 5.15. The first-order valence-electron chi connectivity index (χ1n) is 9.13. The number of hydrogen-bond donors (Lipinski definition) is 2. The molecule has 138 valence electrons. The monoisotopic (exact) mass is 353 g/mol. The maximum atomic E-state index is 5.74. The summed E-state index contributed by atoms with van der Waals surface area (Å²) in [6.45, 7) is 4.99. The fourth-order valence-corrected chi connectivity index (χ4v) is 2.98. The summed E-state index contributed by atoms with van der Waals surface area (Å²) in [5, 5.41) is 6.62. The molecular formula is C21H27N3O2. The van der Waals surface area contributed by atoms with Gasteiger partial charge in [-0.05, 0) is 48.2 Å². The summed E-state index contributed by atoms with van der Waals surface area (Å²) in [7, 11) is 1.78. The van der Waals surface area contributed by atoms with Crippen molar-refractivity contribution in [3.8, 4) is 11.5 Å². The first kappa shape index (κ1) is 18.1. The first-order chi connectivity index (χ1) is 12.7. The number of aryl methyl sites for hydroxylation is 1. The lowest BCUT2D eigenvalue weighted by molar-refractivity contribution is 0.321. The Morgan fingerprint density at radius 2 is 2.04 bits per heavy atom. The van der Waals surface area contributed by atoms with Crippen LogP contribution in [0.3, 0.4) is 0 Å². The quantitative estimate of drug-likeness (QED) is 0.457. The predicted molar refractivity (Wildman–Crippen MR) is 105 cm³/mol. The van der Waals surface area contributed by atoms with Gasteiger partial charge in [-0.3, -0.25) is 4.99 Å². The van der Waals surface area contributed by atoms with Gasteiger partial charge >= 0.3 is 0 Å². The molecule has 0 fully saturated rings. The number of guanidine groups is 1. The molecule has 0 amide bonds. The van der Waals surface area contributed by atoms with Crippen LogP contribution < -0.4 is 20.1 Å². The molecule has 0 saturated carbocycles. The Morgan fingerprint density at radius 1 is 1.15 bits per heavy atom. The van der Waals surface area contributed by atoms with Crippen LogP contribution in [0.15, 0.2) is 47.5 Å². The van der Waals surface area contributed by atoms with Crippen molar-refractivity contribution in [1.82, 2.24) is 10.6 Å². The number of rotatable bonds is 7. The van der Waals surface area contributed by atoms with Gasteiger partial charge in [-0.25, -0.2) is 0 Å². The Hall–Kier alpha value is -2.69. The first-order valence-corrected chi connectivity index (χ1v) is 9.13. The number of benzene rings is 2. The van der Waals surface area contributed by atoms with E-state index in [4.69, 9.17) is 9.47 Å². The highest BCUT2D eigenvalue weighted by Crippen LogP contribution is 2.25. The third-order valence-corrected chi connectivity index (χ3v) is 4.34. The van der Waals surface area contributed by atoms with E-state index in [0.29, 0.717) is 13.2 Å². The molecule has 0 unspecified atom stereocenters. The molecule has 2 aromatic carbocycles. The molecule has 5 heteroatoms. The second kappa shape index (κ2) is 9.13. The summed E-state index contributed by atoms with van der Waals surface area (Å²) >= 11 is 0. The van der Waals surface area contributed by atoms with Crippen molar-refractivity contribution in [3.05, 3.63) is 59.2 Å². The van der Waals surface area contributed by atoms with E-state index in [2.05, 4.69) is 46.8 Å². The normalized spacial score (nSPS) is 13.1. The summed E-state index contributed by atoms with van der Waals surface area (Å²) < 4.78 is 11.3. The lowest BCUT2D eigenvalue weighted by Crippen LogP contribution is -2.40. The van der Waals surface area contributed by atoms with Gasteiger partial charge in [-0.15, -0.1) is 0 Å². The van der Waals surface area contributed by atoms with Gasteiger partial charge in [-0.1, -0.05) is 24.3 Å². The van der Waals surface area contributed by atoms with E-state index in [1.54, 1.807) is 7.05 Å². The SMILES string of the molecule is CN=C(NCCOc1cccc(C)c1)NCCc1ccc2c(c1)CCO2. The molecule has 0 radical (unpaired) electrons. The summed E-state index contributed by atoms with van der Waals surface area (Å²) in [5.74, 6) is 2.73. The van der Waals surface area contributed by atoms with Crippen molar-refractivity contribution in [1.29, 1.82) is 0 Å². The summed E-state index contributed by atoms with van der Waals surface area (Å²) in [6, 6.07) is 14.5. The lowest BCUT2D eigenvalue weighted by atomic mass is 10.1. The number of nitrogens with one attached hydrogen (secondary N) is 2. The maximum Gasteiger partial charge on any atom is 0.191 e. The van der Waals surface area contributed by atoms with E-state index in [-0.39, 0.29) is 0 Å². The van der Waals surface area contributed by atoms with E-state index in [1.807, 2.05) is 18.2 Å². The summed E-state index contributed by atoms with van der Waals surface area (Å²) in [4.78, 5) is 4.25. The van der Waals surface area contributed by atoms with Crippen LogP contribution in [0, 0.1) is 6.92 Å². The zero-order valence-electron chi connectivity index (χ0n) is 15.5. The van der Waals surface area contributed by atoms with Crippen LogP contribution >= 0.6 is 0 Å². The minimum absolute atomic E-state index is 0.592. The van der Waals surface area contributed by atoms with E-state index in [0.717, 1.165) is 43.5 Å². The Balaban J connectivity index is 1.35. The van der Waals surface area contributed by atoms with E-state index in [9.17, 15) is 0 Å². The Morgan fingerprint density at radius 3 is 2.88 bits per heavy atom. The van der Waals surface area contributed by atoms with E-state index in [1.165, 1.54) is 16.7 Å². The molecule has 1 aliphatic rings. The van der Waals surface area contributed by atoms with Gasteiger partial charge in [0.25, 0.3) is 0 Å². The molecule has 0 atom stereocenters. The number of ether oxygens (including phenoxy) is 2. The van der Waals surface area contributed by atoms with Crippen LogP contribution in [0.2, 0.25) is 0 Å². The Bertz CT molecular complexity index is 759. The lowest BCUT2D eigenvalue weighted by Gasteiger charge is -2.13. The topological polar surface area (TPSA) is 54.9 Å². The number of hydrogen-bond acceptors (Lipinski definition) is 3. The summed E-state index contributed by atoms with van der Waals surface area (Å²) in [6.07, 6.45) is 1.97. The molecular weight excluding hydrogens is 326 g/mol. The smallest absolute Gasteiger partial charge is 0.191 e. The zero-order valence-corrected chi connectivity index (χ0v) is 15.5. The molecule has 5 nitrogen and oxygen atoms in total. The van der Waals surface area contributed by atoms with Crippen LogP contribution in [-0.4, -0.2) is 39.3 Å². The maximum absolute atomic E-state index is 5.74. The predicted octanol–water partition coefficient (Wildman–Crippen LogP) is 2.72. The average Bonchev–Trinajstić information content (AvgIpc) is 3.11. The van der Waals surface area contributed by atoms with E-state index < -0.39 is 0 Å². The molecule has 1 heterocycles. The van der Waals surface area contributed by atoms with Crippen molar-refractivity contribution in [2.24, 2.45) is 4.99 Å². The Labute approximate surface area is 155 Å². The second-order valence-electron chi connectivity index (χ2n) is 6.38. The second-order valence-corrected chi connectivity index (χ2v) is 6.38. The third-order valence-electron chi connectivity index (χ3n) is 4.34. The van der Waals surface area contributed by atoms with Crippen molar-refractivity contribution in [3.63, 3.8) is 0 Å². The molecule has 2 aromatic rings. The standard InChI is InChI=1S/C21H27N3O2/c1-16-4-3-5-19(14-16)25-13-11-24-21(22-2)23-10-8-17-6-7-20-18(15-17)9-12-26-20/h3-7,14-15H,8-13H2,1-2H3,(H2,22,23,24). The number of aliphatic imine (C=N–C) groups is 1. The van der Waals surface area contributed by atoms with Crippen molar-refractivity contribution in [2.45, 2.75) is 19.8 Å². The van der Waals surface area contributed by atoms with Crippen LogP contribution in [0.1, 0.15) is 16.7 Å². The van der Waals surface area contributed by atoms with Gasteiger partial charge in [0.2, 0.25) is 0 Å². The van der Waals surface area contributed by atoms with Gasteiger partial charge < -0.3 is 20.1 Å². The fraction of sp³-hybridized carbons (Fsp3) is 0.381. The van der Waals surface area contributed by atoms with Gasteiger partial charge in [0.15, 0.2) is 5.96 Å². The van der Waals surface area contributed by atoms with Crippen LogP contribution in [0.5, 0.6) is 11.5 Å². The average molecular weight is 353 g/mol. The van der Waals surface area contributed by atoms with E-state index >= 15 is 0 Å². The van der Waals surface area contributed by atoms with Crippen LogP contribution in [0.4, 0.5) is 0 Å². The van der Waals surface area contributed by atoms with Crippen molar-refractivity contribution >= 4 is 5.96 Å². The van der Waals surface area contributed by atoms with Gasteiger partial charge in [0.1, 0.15) is 18.1 Å². The zero-order chi connectivity index (χ0) is 18.2. The molecule has 0 spiro atoms. The van der Waals surface area contributed by atoms with Crippen LogP contribution in [-0.2, 0) is 12.8 Å². The Kier molecular flexibility index (Phi) is 6.36. The minimum atomic E-state index is 0.592. The highest BCUT2D eigenvalue weighted by atomic mass is 16.5. The molecule has 3 rings (SSSR count). The molecule has 1 aliphatic heterocycles. The minimum Gasteiger partial charge on any atom is -0.493 e. The van der Waals surface area contributed by atoms with Crippen molar-refractivity contribution < 1.29 is 9.47 Å².